The third-order valence-corrected chi connectivity index (χ3v) is 4.47. The van der Waals surface area contributed by atoms with Crippen molar-refractivity contribution in [2.45, 2.75) is 38.6 Å². The number of methoxy groups -OCH3 is 1. The first-order chi connectivity index (χ1) is 12.6. The van der Waals surface area contributed by atoms with Gasteiger partial charge in [-0.25, -0.2) is 4.79 Å². The summed E-state index contributed by atoms with van der Waals surface area (Å²) in [6.07, 6.45) is 7.90. The average molecular weight is 360 g/mol. The van der Waals surface area contributed by atoms with Gasteiger partial charge in [-0.3, -0.25) is 10.1 Å². The normalized spacial score (nSPS) is 14.9. The van der Waals surface area contributed by atoms with Gasteiger partial charge < -0.3 is 15.0 Å². The molecule has 0 fully saturated rings. The minimum absolute atomic E-state index is 0.232. The summed E-state index contributed by atoms with van der Waals surface area (Å²) >= 11 is 0. The standard InChI is InChI=1S/C20H29N3O3/c1-23(14-17-9-6-10-18(13-17)26-2)15-19(24)22-20(25)21-12-11-16-7-4-3-5-8-16/h6-7,9-10,13H,3-5,8,11-12,14-15H2,1-2H3,(H2,21,22,24,25)/p+1. The van der Waals surface area contributed by atoms with Crippen molar-refractivity contribution in [3.05, 3.63) is 41.5 Å². The number of hydrogen-bond donors (Lipinski definition) is 3. The summed E-state index contributed by atoms with van der Waals surface area (Å²) in [5, 5.41) is 5.16. The fraction of sp³-hybridized carbons (Fsp3) is 0.500. The first-order valence-corrected chi connectivity index (χ1v) is 9.26. The van der Waals surface area contributed by atoms with Crippen LogP contribution < -0.4 is 20.3 Å². The van der Waals surface area contributed by atoms with Crippen LogP contribution in [0.1, 0.15) is 37.7 Å². The third-order valence-electron chi connectivity index (χ3n) is 4.47. The maximum absolute atomic E-state index is 12.0. The lowest BCUT2D eigenvalue weighted by molar-refractivity contribution is -0.885. The minimum atomic E-state index is -0.416. The Bertz CT molecular complexity index is 643. The van der Waals surface area contributed by atoms with Gasteiger partial charge in [-0.2, -0.15) is 0 Å². The Kier molecular flexibility index (Phi) is 8.15. The number of benzene rings is 1. The Morgan fingerprint density at radius 1 is 1.27 bits per heavy atom. The zero-order chi connectivity index (χ0) is 18.8. The van der Waals surface area contributed by atoms with E-state index in [0.29, 0.717) is 13.1 Å². The van der Waals surface area contributed by atoms with Gasteiger partial charge in [0.25, 0.3) is 5.91 Å². The zero-order valence-corrected chi connectivity index (χ0v) is 15.8. The molecule has 0 saturated carbocycles. The van der Waals surface area contributed by atoms with Crippen LogP contribution in [0.5, 0.6) is 5.75 Å². The van der Waals surface area contributed by atoms with E-state index in [0.717, 1.165) is 35.5 Å². The Morgan fingerprint density at radius 2 is 2.12 bits per heavy atom. The number of carbonyl (C=O) groups is 2. The number of hydrogen-bond acceptors (Lipinski definition) is 3. The Hall–Kier alpha value is -2.34. The van der Waals surface area contributed by atoms with E-state index in [1.807, 2.05) is 31.3 Å². The highest BCUT2D eigenvalue weighted by Gasteiger charge is 2.14. The van der Waals surface area contributed by atoms with E-state index in [2.05, 4.69) is 16.7 Å². The van der Waals surface area contributed by atoms with Crippen LogP contribution in [0.2, 0.25) is 0 Å². The van der Waals surface area contributed by atoms with Crippen LogP contribution in [-0.4, -0.2) is 39.2 Å². The number of imide groups is 1. The highest BCUT2D eigenvalue weighted by atomic mass is 16.5. The van der Waals surface area contributed by atoms with Crippen LogP contribution in [0.15, 0.2) is 35.9 Å². The van der Waals surface area contributed by atoms with Gasteiger partial charge in [-0.1, -0.05) is 23.8 Å². The highest BCUT2D eigenvalue weighted by molar-refractivity contribution is 5.94. The van der Waals surface area contributed by atoms with Crippen molar-refractivity contribution in [1.82, 2.24) is 10.6 Å². The van der Waals surface area contributed by atoms with Gasteiger partial charge in [0.2, 0.25) is 0 Å². The molecule has 0 aromatic heterocycles. The number of nitrogens with one attached hydrogen (secondary N) is 3. The number of carbonyl (C=O) groups excluding carboxylic acids is 2. The summed E-state index contributed by atoms with van der Waals surface area (Å²) in [7, 11) is 3.55. The maximum atomic E-state index is 12.0. The molecule has 2 rings (SSSR count). The van der Waals surface area contributed by atoms with E-state index in [1.54, 1.807) is 7.11 Å². The molecular formula is C20H30N3O3+. The van der Waals surface area contributed by atoms with Crippen molar-refractivity contribution in [1.29, 1.82) is 0 Å². The molecule has 1 unspecified atom stereocenters. The number of quaternary nitrogens is 1. The lowest BCUT2D eigenvalue weighted by Gasteiger charge is -2.15. The first-order valence-electron chi connectivity index (χ1n) is 9.26. The molecule has 0 aliphatic heterocycles. The summed E-state index contributed by atoms with van der Waals surface area (Å²) in [6, 6.07) is 7.35. The maximum Gasteiger partial charge on any atom is 0.321 e. The predicted octanol–water partition coefficient (Wildman–Crippen LogP) is 1.43. The fourth-order valence-electron chi connectivity index (χ4n) is 3.15. The Labute approximate surface area is 155 Å². The number of rotatable bonds is 8. The number of ether oxygens (including phenoxy) is 1. The molecule has 0 bridgehead atoms. The van der Waals surface area contributed by atoms with Gasteiger partial charge >= 0.3 is 6.03 Å². The topological polar surface area (TPSA) is 71.9 Å². The Balaban J connectivity index is 1.66. The van der Waals surface area contributed by atoms with Crippen LogP contribution in [-0.2, 0) is 11.3 Å². The highest BCUT2D eigenvalue weighted by Crippen LogP contribution is 2.19. The van der Waals surface area contributed by atoms with Crippen molar-refractivity contribution in [3.8, 4) is 5.75 Å². The second-order valence-corrected chi connectivity index (χ2v) is 6.82. The molecule has 0 spiro atoms. The molecular weight excluding hydrogens is 330 g/mol. The summed E-state index contributed by atoms with van der Waals surface area (Å²) in [6.45, 7) is 1.48. The quantitative estimate of drug-likeness (QED) is 0.614. The van der Waals surface area contributed by atoms with Gasteiger partial charge in [0.1, 0.15) is 12.3 Å². The third kappa shape index (κ3) is 7.27. The van der Waals surface area contributed by atoms with E-state index >= 15 is 0 Å². The Morgan fingerprint density at radius 3 is 2.85 bits per heavy atom. The van der Waals surface area contributed by atoms with Crippen LogP contribution in [0.25, 0.3) is 0 Å². The second kappa shape index (κ2) is 10.6. The fourth-order valence-corrected chi connectivity index (χ4v) is 3.15. The van der Waals surface area contributed by atoms with Crippen molar-refractivity contribution in [2.24, 2.45) is 0 Å². The molecule has 0 saturated heterocycles. The summed E-state index contributed by atoms with van der Waals surface area (Å²) in [5.41, 5.74) is 2.49. The molecule has 1 aromatic rings. The summed E-state index contributed by atoms with van der Waals surface area (Å²) in [5.74, 6) is 0.520. The number of urea groups is 1. The minimum Gasteiger partial charge on any atom is -0.497 e. The SMILES string of the molecule is COc1cccc(C[NH+](C)CC(=O)NC(=O)NCCC2=CCCCC2)c1. The van der Waals surface area contributed by atoms with Crippen LogP contribution in [0.3, 0.4) is 0 Å². The molecule has 0 heterocycles. The molecule has 1 aliphatic carbocycles. The van der Waals surface area contributed by atoms with Crippen molar-refractivity contribution >= 4 is 11.9 Å². The van der Waals surface area contributed by atoms with Gasteiger partial charge in [-0.15, -0.1) is 0 Å². The second-order valence-electron chi connectivity index (χ2n) is 6.82. The van der Waals surface area contributed by atoms with Gasteiger partial charge in [0.05, 0.1) is 14.2 Å². The molecule has 26 heavy (non-hydrogen) atoms. The molecule has 1 aliphatic rings. The van der Waals surface area contributed by atoms with Gasteiger partial charge in [0.15, 0.2) is 6.54 Å². The lowest BCUT2D eigenvalue weighted by Crippen LogP contribution is -3.09. The van der Waals surface area contributed by atoms with E-state index in [4.69, 9.17) is 4.74 Å². The van der Waals surface area contributed by atoms with Crippen LogP contribution in [0.4, 0.5) is 4.79 Å². The number of amides is 3. The number of likely N-dealkylation sites (N-methyl/N-ethyl adjacent to an activating group) is 1. The smallest absolute Gasteiger partial charge is 0.321 e. The van der Waals surface area contributed by atoms with Gasteiger partial charge in [-0.05, 0) is 44.2 Å². The predicted molar refractivity (Wildman–Crippen MR) is 101 cm³/mol. The van der Waals surface area contributed by atoms with Crippen LogP contribution in [0, 0.1) is 0 Å². The van der Waals surface area contributed by atoms with Crippen molar-refractivity contribution < 1.29 is 19.2 Å². The molecule has 3 amide bonds. The van der Waals surface area contributed by atoms with Crippen molar-refractivity contribution in [2.75, 3.05) is 27.2 Å². The lowest BCUT2D eigenvalue weighted by atomic mass is 9.97. The van der Waals surface area contributed by atoms with Crippen molar-refractivity contribution in [3.63, 3.8) is 0 Å². The molecule has 6 heteroatoms. The molecule has 1 aromatic carbocycles. The molecule has 3 N–H and O–H groups in total. The summed E-state index contributed by atoms with van der Waals surface area (Å²) < 4.78 is 5.21. The first kappa shape index (κ1) is 20.0. The van der Waals surface area contributed by atoms with Gasteiger partial charge in [0, 0.05) is 12.1 Å². The van der Waals surface area contributed by atoms with E-state index < -0.39 is 6.03 Å². The molecule has 0 radical (unpaired) electrons. The molecule has 142 valence electrons. The van der Waals surface area contributed by atoms with E-state index in [1.165, 1.54) is 18.4 Å². The zero-order valence-electron chi connectivity index (χ0n) is 15.8. The number of allylic oxidation sites excluding steroid dienone is 1. The molecule has 1 atom stereocenters. The van der Waals surface area contributed by atoms with E-state index in [-0.39, 0.29) is 12.5 Å². The largest absolute Gasteiger partial charge is 0.497 e. The van der Waals surface area contributed by atoms with E-state index in [9.17, 15) is 9.59 Å². The average Bonchev–Trinajstić information content (AvgIpc) is 2.62. The monoisotopic (exact) mass is 360 g/mol. The summed E-state index contributed by atoms with van der Waals surface area (Å²) in [4.78, 5) is 24.8. The van der Waals surface area contributed by atoms with Crippen LogP contribution >= 0.6 is 0 Å². The molecule has 6 nitrogen and oxygen atoms in total.